The van der Waals surface area contributed by atoms with Crippen LogP contribution in [0.3, 0.4) is 0 Å². The van der Waals surface area contributed by atoms with Crippen LogP contribution in [-0.2, 0) is 19.7 Å². The van der Waals surface area contributed by atoms with Gasteiger partial charge in [0.05, 0.1) is 13.2 Å². The molecular weight excluding hydrogens is 334 g/mol. The van der Waals surface area contributed by atoms with Gasteiger partial charge in [-0.05, 0) is 18.4 Å². The van der Waals surface area contributed by atoms with Crippen molar-refractivity contribution in [3.63, 3.8) is 0 Å². The van der Waals surface area contributed by atoms with Crippen molar-refractivity contribution in [3.05, 3.63) is 35.9 Å². The van der Waals surface area contributed by atoms with Crippen LogP contribution in [0.15, 0.2) is 30.3 Å². The van der Waals surface area contributed by atoms with Gasteiger partial charge in [-0.3, -0.25) is 24.7 Å². The number of nitrogens with zero attached hydrogens (tertiary/aromatic N) is 2. The third-order valence-corrected chi connectivity index (χ3v) is 5.22. The number of benzene rings is 1. The normalized spacial score (nSPS) is 24.7. The van der Waals surface area contributed by atoms with Gasteiger partial charge < -0.3 is 4.74 Å². The largest absolute Gasteiger partial charge is 0.379 e. The molecule has 0 aromatic heterocycles. The van der Waals surface area contributed by atoms with Crippen LogP contribution in [0.2, 0.25) is 0 Å². The Bertz CT molecular complexity index is 673. The Balaban J connectivity index is 1.74. The van der Waals surface area contributed by atoms with Gasteiger partial charge in [0.1, 0.15) is 0 Å². The summed E-state index contributed by atoms with van der Waals surface area (Å²) < 4.78 is 5.32. The molecule has 2 saturated heterocycles. The van der Waals surface area contributed by atoms with Gasteiger partial charge in [0, 0.05) is 26.2 Å². The first-order valence-corrected chi connectivity index (χ1v) is 9.12. The first-order valence-electron chi connectivity index (χ1n) is 9.12. The van der Waals surface area contributed by atoms with Crippen molar-refractivity contribution in [1.82, 2.24) is 15.1 Å². The fourth-order valence-corrected chi connectivity index (χ4v) is 3.66. The first kappa shape index (κ1) is 18.5. The number of urea groups is 1. The molecule has 2 heterocycles. The van der Waals surface area contributed by atoms with Crippen LogP contribution in [0.25, 0.3) is 0 Å². The van der Waals surface area contributed by atoms with Crippen LogP contribution in [0.5, 0.6) is 0 Å². The predicted molar refractivity (Wildman–Crippen MR) is 95.5 cm³/mol. The van der Waals surface area contributed by atoms with Gasteiger partial charge in [0.25, 0.3) is 5.91 Å². The van der Waals surface area contributed by atoms with E-state index in [0.717, 1.165) is 19.6 Å². The van der Waals surface area contributed by atoms with Gasteiger partial charge >= 0.3 is 6.03 Å². The molecule has 1 aromatic rings. The van der Waals surface area contributed by atoms with Crippen molar-refractivity contribution >= 4 is 17.8 Å². The van der Waals surface area contributed by atoms with Crippen molar-refractivity contribution in [3.8, 4) is 0 Å². The molecule has 2 aliphatic rings. The molecule has 1 unspecified atom stereocenters. The lowest BCUT2D eigenvalue weighted by atomic mass is 9.74. The van der Waals surface area contributed by atoms with Crippen LogP contribution in [0, 0.1) is 0 Å². The molecule has 0 radical (unpaired) electrons. The van der Waals surface area contributed by atoms with E-state index in [9.17, 15) is 14.4 Å². The standard InChI is InChI=1S/C19H25N3O4/c1-2-19(15-7-4-3-5-8-15)16(23)20-18(25)22(17(19)24)10-6-9-21-11-13-26-14-12-21/h3-5,7-8H,2,6,9-14H2,1H3,(H,20,23,25). The molecule has 1 N–H and O–H groups in total. The topological polar surface area (TPSA) is 79.0 Å². The number of ether oxygens (including phenoxy) is 1. The highest BCUT2D eigenvalue weighted by atomic mass is 16.5. The van der Waals surface area contributed by atoms with Crippen LogP contribution in [0.4, 0.5) is 4.79 Å². The fourth-order valence-electron chi connectivity index (χ4n) is 3.66. The van der Waals surface area contributed by atoms with Crippen molar-refractivity contribution in [2.75, 3.05) is 39.4 Å². The van der Waals surface area contributed by atoms with Crippen LogP contribution in [-0.4, -0.2) is 67.0 Å². The van der Waals surface area contributed by atoms with Crippen molar-refractivity contribution in [2.45, 2.75) is 25.2 Å². The smallest absolute Gasteiger partial charge is 0.330 e. The molecule has 7 nitrogen and oxygen atoms in total. The number of hydrogen-bond acceptors (Lipinski definition) is 5. The van der Waals surface area contributed by atoms with E-state index in [1.54, 1.807) is 31.2 Å². The lowest BCUT2D eigenvalue weighted by Gasteiger charge is -2.39. The van der Waals surface area contributed by atoms with Crippen molar-refractivity contribution < 1.29 is 19.1 Å². The third-order valence-electron chi connectivity index (χ3n) is 5.22. The molecule has 3 rings (SSSR count). The molecule has 0 spiro atoms. The molecule has 0 saturated carbocycles. The number of morpholine rings is 1. The molecule has 1 aromatic carbocycles. The molecule has 2 aliphatic heterocycles. The number of hydrogen-bond donors (Lipinski definition) is 1. The maximum atomic E-state index is 13.2. The highest BCUT2D eigenvalue weighted by Crippen LogP contribution is 2.33. The van der Waals surface area contributed by atoms with E-state index >= 15 is 0 Å². The highest BCUT2D eigenvalue weighted by molar-refractivity contribution is 6.22. The monoisotopic (exact) mass is 359 g/mol. The summed E-state index contributed by atoms with van der Waals surface area (Å²) in [5, 5.41) is 2.38. The van der Waals surface area contributed by atoms with Gasteiger partial charge in [-0.15, -0.1) is 0 Å². The summed E-state index contributed by atoms with van der Waals surface area (Å²) >= 11 is 0. The Hall–Kier alpha value is -2.25. The number of rotatable bonds is 6. The maximum Gasteiger partial charge on any atom is 0.330 e. The minimum absolute atomic E-state index is 0.296. The van der Waals surface area contributed by atoms with Crippen LogP contribution >= 0.6 is 0 Å². The van der Waals surface area contributed by atoms with Gasteiger partial charge in [-0.2, -0.15) is 0 Å². The Morgan fingerprint density at radius 3 is 2.42 bits per heavy atom. The van der Waals surface area contributed by atoms with Crippen molar-refractivity contribution in [2.24, 2.45) is 0 Å². The molecule has 4 amide bonds. The highest BCUT2D eigenvalue weighted by Gasteiger charge is 2.53. The summed E-state index contributed by atoms with van der Waals surface area (Å²) in [5.41, 5.74) is -0.718. The minimum atomic E-state index is -1.34. The van der Waals surface area contributed by atoms with Gasteiger partial charge in [0.15, 0.2) is 5.41 Å². The summed E-state index contributed by atoms with van der Waals surface area (Å²) in [7, 11) is 0. The second-order valence-corrected chi connectivity index (χ2v) is 6.65. The van der Waals surface area contributed by atoms with Gasteiger partial charge in [0.2, 0.25) is 5.91 Å². The minimum Gasteiger partial charge on any atom is -0.379 e. The lowest BCUT2D eigenvalue weighted by molar-refractivity contribution is -0.145. The van der Waals surface area contributed by atoms with Gasteiger partial charge in [-0.1, -0.05) is 37.3 Å². The third kappa shape index (κ3) is 3.37. The Morgan fingerprint density at radius 2 is 1.77 bits per heavy atom. The number of carbonyl (C=O) groups excluding carboxylic acids is 3. The molecule has 2 fully saturated rings. The zero-order valence-electron chi connectivity index (χ0n) is 15.1. The average molecular weight is 359 g/mol. The predicted octanol–water partition coefficient (Wildman–Crippen LogP) is 1.14. The van der Waals surface area contributed by atoms with E-state index in [-0.39, 0.29) is 0 Å². The van der Waals surface area contributed by atoms with Crippen LogP contribution in [0.1, 0.15) is 25.3 Å². The number of carbonyl (C=O) groups is 3. The second kappa shape index (κ2) is 7.97. The van der Waals surface area contributed by atoms with Gasteiger partial charge in [-0.25, -0.2) is 4.79 Å². The summed E-state index contributed by atoms with van der Waals surface area (Å²) in [6.45, 7) is 6.03. The molecular formula is C19H25N3O4. The zero-order chi connectivity index (χ0) is 18.6. The molecule has 0 aliphatic carbocycles. The molecule has 0 bridgehead atoms. The Kier molecular flexibility index (Phi) is 5.68. The summed E-state index contributed by atoms with van der Waals surface area (Å²) in [6, 6.07) is 8.34. The summed E-state index contributed by atoms with van der Waals surface area (Å²) in [6.07, 6.45) is 0.969. The maximum absolute atomic E-state index is 13.2. The fraction of sp³-hybridized carbons (Fsp3) is 0.526. The van der Waals surface area contributed by atoms with E-state index in [0.29, 0.717) is 38.2 Å². The number of imide groups is 2. The first-order chi connectivity index (χ1) is 12.6. The quantitative estimate of drug-likeness (QED) is 0.771. The number of amides is 4. The summed E-state index contributed by atoms with van der Waals surface area (Å²) in [4.78, 5) is 41.5. The van der Waals surface area contributed by atoms with E-state index < -0.39 is 23.3 Å². The Labute approximate surface area is 153 Å². The Morgan fingerprint density at radius 1 is 1.08 bits per heavy atom. The van der Waals surface area contributed by atoms with E-state index in [1.165, 1.54) is 4.90 Å². The SMILES string of the molecule is CCC1(c2ccccc2)C(=O)NC(=O)N(CCCN2CCOCC2)C1=O. The second-order valence-electron chi connectivity index (χ2n) is 6.65. The molecule has 7 heteroatoms. The average Bonchev–Trinajstić information content (AvgIpc) is 2.67. The van der Waals surface area contributed by atoms with E-state index in [1.807, 2.05) is 6.07 Å². The molecule has 140 valence electrons. The lowest BCUT2D eigenvalue weighted by Crippen LogP contribution is -2.66. The van der Waals surface area contributed by atoms with E-state index in [4.69, 9.17) is 4.74 Å². The van der Waals surface area contributed by atoms with Crippen molar-refractivity contribution in [1.29, 1.82) is 0 Å². The number of barbiturate groups is 1. The number of nitrogens with one attached hydrogen (secondary N) is 1. The molecule has 1 atom stereocenters. The summed E-state index contributed by atoms with van der Waals surface area (Å²) in [5.74, 6) is -0.965. The van der Waals surface area contributed by atoms with E-state index in [2.05, 4.69) is 10.2 Å². The van der Waals surface area contributed by atoms with Crippen LogP contribution < -0.4 is 5.32 Å². The molecule has 26 heavy (non-hydrogen) atoms. The zero-order valence-corrected chi connectivity index (χ0v) is 15.1.